The molecule has 0 unspecified atom stereocenters. The van der Waals surface area contributed by atoms with Crippen LogP contribution in [0.3, 0.4) is 0 Å². The predicted molar refractivity (Wildman–Crippen MR) is 93.8 cm³/mol. The predicted octanol–water partition coefficient (Wildman–Crippen LogP) is 2.46. The van der Waals surface area contributed by atoms with Crippen molar-refractivity contribution in [3.63, 3.8) is 0 Å². The summed E-state index contributed by atoms with van der Waals surface area (Å²) in [6.07, 6.45) is 8.68. The highest BCUT2D eigenvalue weighted by Gasteiger charge is 2.46. The summed E-state index contributed by atoms with van der Waals surface area (Å²) in [6.45, 7) is 0.168. The molecule has 5 heteroatoms. The van der Waals surface area contributed by atoms with Gasteiger partial charge in [-0.05, 0) is 55.4 Å². The van der Waals surface area contributed by atoms with Gasteiger partial charge >= 0.3 is 0 Å². The van der Waals surface area contributed by atoms with Crippen LogP contribution in [0.25, 0.3) is 0 Å². The Morgan fingerprint density at radius 3 is 2.44 bits per heavy atom. The zero-order valence-electron chi connectivity index (χ0n) is 14.2. The number of nitrogens with zero attached hydrogens (tertiary/aromatic N) is 1. The minimum absolute atomic E-state index is 0.121. The quantitative estimate of drug-likeness (QED) is 0.677. The number of carbonyl (C=O) groups is 3. The standard InChI is InChI=1S/C20H22N2O3/c23-18(21-15-9-8-13-4-3-5-14(13)12-15)10-11-22-19(24)16-6-1-2-7-17(16)20(22)25/h1-2,8-9,12,16-17H,3-7,10-11H2,(H,21,23)/t16-,17-/m1/s1. The number of fused-ring (bicyclic) bond motifs is 2. The maximum Gasteiger partial charge on any atom is 0.233 e. The lowest BCUT2D eigenvalue weighted by molar-refractivity contribution is -0.140. The normalized spacial score (nSPS) is 24.4. The van der Waals surface area contributed by atoms with Crippen LogP contribution >= 0.6 is 0 Å². The molecule has 0 radical (unpaired) electrons. The Labute approximate surface area is 147 Å². The van der Waals surface area contributed by atoms with Gasteiger partial charge in [-0.1, -0.05) is 18.2 Å². The second kappa shape index (κ2) is 6.47. The van der Waals surface area contributed by atoms with Gasteiger partial charge in [-0.25, -0.2) is 0 Å². The molecule has 0 spiro atoms. The lowest BCUT2D eigenvalue weighted by Gasteiger charge is -2.14. The molecule has 25 heavy (non-hydrogen) atoms. The highest BCUT2D eigenvalue weighted by molar-refractivity contribution is 6.05. The number of hydrogen-bond donors (Lipinski definition) is 1. The third-order valence-corrected chi connectivity index (χ3v) is 5.54. The zero-order chi connectivity index (χ0) is 17.4. The summed E-state index contributed by atoms with van der Waals surface area (Å²) in [5, 5.41) is 2.89. The first-order valence-electron chi connectivity index (χ1n) is 9.05. The van der Waals surface area contributed by atoms with E-state index in [0.717, 1.165) is 18.5 Å². The van der Waals surface area contributed by atoms with Gasteiger partial charge in [0.15, 0.2) is 0 Å². The minimum atomic E-state index is -0.225. The van der Waals surface area contributed by atoms with E-state index in [1.54, 1.807) is 0 Å². The summed E-state index contributed by atoms with van der Waals surface area (Å²) in [5.74, 6) is -0.851. The first-order valence-corrected chi connectivity index (χ1v) is 9.05. The Morgan fingerprint density at radius 1 is 1.04 bits per heavy atom. The van der Waals surface area contributed by atoms with E-state index in [2.05, 4.69) is 11.4 Å². The number of hydrogen-bond acceptors (Lipinski definition) is 3. The van der Waals surface area contributed by atoms with E-state index in [1.807, 2.05) is 24.3 Å². The minimum Gasteiger partial charge on any atom is -0.326 e. The number of nitrogens with one attached hydrogen (secondary N) is 1. The lowest BCUT2D eigenvalue weighted by Crippen LogP contribution is -2.34. The number of aryl methyl sites for hydroxylation is 2. The number of carbonyl (C=O) groups excluding carboxylic acids is 3. The molecule has 1 saturated heterocycles. The van der Waals surface area contributed by atoms with Crippen molar-refractivity contribution in [1.29, 1.82) is 0 Å². The summed E-state index contributed by atoms with van der Waals surface area (Å²) in [4.78, 5) is 38.3. The van der Waals surface area contributed by atoms with E-state index in [9.17, 15) is 14.4 Å². The van der Waals surface area contributed by atoms with Crippen molar-refractivity contribution in [3.8, 4) is 0 Å². The van der Waals surface area contributed by atoms with Crippen molar-refractivity contribution in [1.82, 2.24) is 4.90 Å². The van der Waals surface area contributed by atoms with Gasteiger partial charge in [0.1, 0.15) is 0 Å². The molecule has 1 aromatic rings. The van der Waals surface area contributed by atoms with Gasteiger partial charge in [-0.2, -0.15) is 0 Å². The molecule has 3 aliphatic rings. The van der Waals surface area contributed by atoms with E-state index in [-0.39, 0.29) is 42.5 Å². The van der Waals surface area contributed by atoms with Crippen LogP contribution in [0.15, 0.2) is 30.4 Å². The largest absolute Gasteiger partial charge is 0.326 e. The van der Waals surface area contributed by atoms with Crippen LogP contribution in [0.5, 0.6) is 0 Å². The molecule has 0 saturated carbocycles. The average molecular weight is 338 g/mol. The fourth-order valence-corrected chi connectivity index (χ4v) is 4.18. The maximum absolute atomic E-state index is 12.4. The number of benzene rings is 1. The second-order valence-electron chi connectivity index (χ2n) is 7.12. The van der Waals surface area contributed by atoms with Gasteiger partial charge in [-0.3, -0.25) is 19.3 Å². The molecule has 1 aliphatic heterocycles. The first kappa shape index (κ1) is 16.1. The van der Waals surface area contributed by atoms with Crippen LogP contribution in [0.4, 0.5) is 5.69 Å². The SMILES string of the molecule is O=C(CCN1C(=O)[C@@H]2CC=CC[C@H]2C1=O)Nc1ccc2c(c1)CCC2. The first-order chi connectivity index (χ1) is 12.1. The maximum atomic E-state index is 12.4. The highest BCUT2D eigenvalue weighted by atomic mass is 16.2. The number of imide groups is 1. The van der Waals surface area contributed by atoms with Crippen LogP contribution in [0, 0.1) is 11.8 Å². The smallest absolute Gasteiger partial charge is 0.233 e. The van der Waals surface area contributed by atoms with Crippen molar-refractivity contribution in [2.45, 2.75) is 38.5 Å². The monoisotopic (exact) mass is 338 g/mol. The van der Waals surface area contributed by atoms with Gasteiger partial charge < -0.3 is 5.32 Å². The van der Waals surface area contributed by atoms with Crippen LogP contribution in [0.1, 0.15) is 36.8 Å². The Balaban J connectivity index is 1.34. The van der Waals surface area contributed by atoms with E-state index in [4.69, 9.17) is 0 Å². The number of allylic oxidation sites excluding steroid dienone is 2. The van der Waals surface area contributed by atoms with Gasteiger partial charge in [0.25, 0.3) is 0 Å². The average Bonchev–Trinajstić information content (AvgIpc) is 3.17. The molecule has 130 valence electrons. The van der Waals surface area contributed by atoms with E-state index in [0.29, 0.717) is 12.8 Å². The molecule has 5 nitrogen and oxygen atoms in total. The number of anilines is 1. The van der Waals surface area contributed by atoms with Crippen LogP contribution in [0.2, 0.25) is 0 Å². The van der Waals surface area contributed by atoms with E-state index < -0.39 is 0 Å². The van der Waals surface area contributed by atoms with E-state index >= 15 is 0 Å². The molecule has 0 bridgehead atoms. The molecule has 2 atom stereocenters. The summed E-state index contributed by atoms with van der Waals surface area (Å²) < 4.78 is 0. The van der Waals surface area contributed by atoms with Crippen molar-refractivity contribution in [3.05, 3.63) is 41.5 Å². The molecule has 3 amide bonds. The van der Waals surface area contributed by atoms with Crippen molar-refractivity contribution >= 4 is 23.4 Å². The molecule has 1 heterocycles. The van der Waals surface area contributed by atoms with Crippen molar-refractivity contribution < 1.29 is 14.4 Å². The van der Waals surface area contributed by atoms with Gasteiger partial charge in [0.2, 0.25) is 17.7 Å². The highest BCUT2D eigenvalue weighted by Crippen LogP contribution is 2.35. The molecule has 1 aromatic carbocycles. The van der Waals surface area contributed by atoms with E-state index in [1.165, 1.54) is 22.4 Å². The Morgan fingerprint density at radius 2 is 1.72 bits per heavy atom. The number of likely N-dealkylation sites (tertiary alicyclic amines) is 1. The summed E-state index contributed by atoms with van der Waals surface area (Å²) in [5.41, 5.74) is 3.46. The van der Waals surface area contributed by atoms with Crippen LogP contribution in [-0.2, 0) is 27.2 Å². The lowest BCUT2D eigenvalue weighted by atomic mass is 9.85. The van der Waals surface area contributed by atoms with Gasteiger partial charge in [0.05, 0.1) is 11.8 Å². The summed E-state index contributed by atoms with van der Waals surface area (Å²) in [7, 11) is 0. The Hall–Kier alpha value is -2.43. The molecular formula is C20H22N2O3. The molecular weight excluding hydrogens is 316 g/mol. The van der Waals surface area contributed by atoms with Gasteiger partial charge in [-0.15, -0.1) is 0 Å². The Bertz CT molecular complexity index is 742. The molecule has 4 rings (SSSR count). The summed E-state index contributed by atoms with van der Waals surface area (Å²) >= 11 is 0. The molecule has 1 N–H and O–H groups in total. The molecule has 0 aromatic heterocycles. The fourth-order valence-electron chi connectivity index (χ4n) is 4.18. The number of rotatable bonds is 4. The third kappa shape index (κ3) is 2.99. The molecule has 1 fully saturated rings. The third-order valence-electron chi connectivity index (χ3n) is 5.54. The van der Waals surface area contributed by atoms with Crippen molar-refractivity contribution in [2.75, 3.05) is 11.9 Å². The second-order valence-corrected chi connectivity index (χ2v) is 7.12. The topological polar surface area (TPSA) is 66.5 Å². The van der Waals surface area contributed by atoms with Crippen molar-refractivity contribution in [2.24, 2.45) is 11.8 Å². The van der Waals surface area contributed by atoms with Gasteiger partial charge in [0, 0.05) is 18.7 Å². The number of amides is 3. The molecule has 2 aliphatic carbocycles. The van der Waals surface area contributed by atoms with Crippen LogP contribution < -0.4 is 5.32 Å². The Kier molecular flexibility index (Phi) is 4.15. The van der Waals surface area contributed by atoms with Crippen LogP contribution in [-0.4, -0.2) is 29.2 Å². The summed E-state index contributed by atoms with van der Waals surface area (Å²) in [6, 6.07) is 6.03. The zero-order valence-corrected chi connectivity index (χ0v) is 14.2. The fraction of sp³-hybridized carbons (Fsp3) is 0.450.